The van der Waals surface area contributed by atoms with Gasteiger partial charge >= 0.3 is 6.18 Å². The van der Waals surface area contributed by atoms with Crippen LogP contribution in [0.3, 0.4) is 0 Å². The number of aromatic nitrogens is 1. The summed E-state index contributed by atoms with van der Waals surface area (Å²) in [4.78, 5) is 5.83. The van der Waals surface area contributed by atoms with Gasteiger partial charge in [-0.3, -0.25) is 0 Å². The predicted octanol–water partition coefficient (Wildman–Crippen LogP) is 3.00. The smallest absolute Gasteiger partial charge is 0.383 e. The zero-order valence-corrected chi connectivity index (χ0v) is 11.9. The molecular weight excluding hydrogens is 271 g/mol. The van der Waals surface area contributed by atoms with Crippen molar-refractivity contribution in [3.8, 4) is 0 Å². The standard InChI is InChI=1S/C13H20F3N3O/c1-4-5-17-11-8-10(13(14,15)16)9-12(18-11)19(2)6-7-20-3/h8-9H,4-7H2,1-3H3,(H,17,18). The van der Waals surface area contributed by atoms with E-state index in [1.165, 1.54) is 0 Å². The summed E-state index contributed by atoms with van der Waals surface area (Å²) < 4.78 is 43.6. The third-order valence-electron chi connectivity index (χ3n) is 2.72. The lowest BCUT2D eigenvalue weighted by Crippen LogP contribution is -2.24. The Hall–Kier alpha value is -1.50. The SMILES string of the molecule is CCCNc1cc(C(F)(F)F)cc(N(C)CCOC)n1. The number of alkyl halides is 3. The molecule has 0 aromatic carbocycles. The predicted molar refractivity (Wildman–Crippen MR) is 73.2 cm³/mol. The fourth-order valence-corrected chi connectivity index (χ4v) is 1.56. The molecule has 20 heavy (non-hydrogen) atoms. The number of nitrogens with one attached hydrogen (secondary N) is 1. The number of nitrogens with zero attached hydrogens (tertiary/aromatic N) is 2. The van der Waals surface area contributed by atoms with Gasteiger partial charge in [-0.2, -0.15) is 13.2 Å². The minimum absolute atomic E-state index is 0.237. The second-order valence-corrected chi connectivity index (χ2v) is 4.44. The van der Waals surface area contributed by atoms with Gasteiger partial charge in [-0.25, -0.2) is 4.98 Å². The number of hydrogen-bond donors (Lipinski definition) is 1. The highest BCUT2D eigenvalue weighted by molar-refractivity contribution is 5.51. The minimum Gasteiger partial charge on any atom is -0.383 e. The van der Waals surface area contributed by atoms with E-state index >= 15 is 0 Å². The van der Waals surface area contributed by atoms with Crippen molar-refractivity contribution in [1.82, 2.24) is 4.98 Å². The molecule has 114 valence electrons. The largest absolute Gasteiger partial charge is 0.416 e. The Kier molecular flexibility index (Phi) is 6.06. The molecular formula is C13H20F3N3O. The molecule has 0 aliphatic carbocycles. The number of anilines is 2. The van der Waals surface area contributed by atoms with Crippen LogP contribution in [0.25, 0.3) is 0 Å². The number of ether oxygens (including phenoxy) is 1. The number of pyridine rings is 1. The summed E-state index contributed by atoms with van der Waals surface area (Å²) >= 11 is 0. The molecule has 0 spiro atoms. The Labute approximate surface area is 116 Å². The van der Waals surface area contributed by atoms with Crippen LogP contribution in [0.2, 0.25) is 0 Å². The number of hydrogen-bond acceptors (Lipinski definition) is 4. The first-order chi connectivity index (χ1) is 9.38. The third-order valence-corrected chi connectivity index (χ3v) is 2.72. The Morgan fingerprint density at radius 3 is 2.60 bits per heavy atom. The fraction of sp³-hybridized carbons (Fsp3) is 0.615. The molecule has 4 nitrogen and oxygen atoms in total. The number of halogens is 3. The molecule has 0 fully saturated rings. The van der Waals surface area contributed by atoms with Crippen LogP contribution in [-0.4, -0.2) is 38.8 Å². The van der Waals surface area contributed by atoms with Crippen molar-refractivity contribution in [1.29, 1.82) is 0 Å². The Morgan fingerprint density at radius 2 is 2.05 bits per heavy atom. The van der Waals surface area contributed by atoms with Gasteiger partial charge in [0.25, 0.3) is 0 Å². The van der Waals surface area contributed by atoms with Gasteiger partial charge in [0.2, 0.25) is 0 Å². The van der Waals surface area contributed by atoms with Gasteiger partial charge in [-0.15, -0.1) is 0 Å². The van der Waals surface area contributed by atoms with Gasteiger partial charge in [0, 0.05) is 27.2 Å². The second-order valence-electron chi connectivity index (χ2n) is 4.44. The highest BCUT2D eigenvalue weighted by Gasteiger charge is 2.32. The quantitative estimate of drug-likeness (QED) is 0.838. The van der Waals surface area contributed by atoms with Gasteiger partial charge < -0.3 is 15.0 Å². The fourth-order valence-electron chi connectivity index (χ4n) is 1.56. The summed E-state index contributed by atoms with van der Waals surface area (Å²) in [7, 11) is 3.23. The molecule has 1 aromatic heterocycles. The van der Waals surface area contributed by atoms with Gasteiger partial charge in [-0.05, 0) is 18.6 Å². The maximum absolute atomic E-state index is 12.9. The molecule has 0 atom stereocenters. The summed E-state index contributed by atoms with van der Waals surface area (Å²) in [5.74, 6) is 0.511. The molecule has 7 heteroatoms. The highest BCUT2D eigenvalue weighted by atomic mass is 19.4. The molecule has 0 amide bonds. The van der Waals surface area contributed by atoms with Crippen molar-refractivity contribution in [3.05, 3.63) is 17.7 Å². The van der Waals surface area contributed by atoms with Crippen LogP contribution in [0.4, 0.5) is 24.8 Å². The van der Waals surface area contributed by atoms with Gasteiger partial charge in [0.15, 0.2) is 0 Å². The third kappa shape index (κ3) is 4.88. The first-order valence-corrected chi connectivity index (χ1v) is 6.41. The topological polar surface area (TPSA) is 37.4 Å². The summed E-state index contributed by atoms with van der Waals surface area (Å²) in [6.07, 6.45) is -3.57. The molecule has 0 radical (unpaired) electrons. The maximum atomic E-state index is 12.9. The average Bonchev–Trinajstić information content (AvgIpc) is 2.41. The molecule has 1 N–H and O–H groups in total. The van der Waals surface area contributed by atoms with Crippen molar-refractivity contribution in [2.24, 2.45) is 0 Å². The Morgan fingerprint density at radius 1 is 1.35 bits per heavy atom. The molecule has 0 saturated heterocycles. The number of likely N-dealkylation sites (N-methyl/N-ethyl adjacent to an activating group) is 1. The van der Waals surface area contributed by atoms with Crippen molar-refractivity contribution in [3.63, 3.8) is 0 Å². The van der Waals surface area contributed by atoms with Gasteiger partial charge in [0.05, 0.1) is 12.2 Å². The maximum Gasteiger partial charge on any atom is 0.416 e. The summed E-state index contributed by atoms with van der Waals surface area (Å²) in [6, 6.07) is 2.08. The van der Waals surface area contributed by atoms with Crippen molar-refractivity contribution < 1.29 is 17.9 Å². The second kappa shape index (κ2) is 7.33. The Bertz CT molecular complexity index is 424. The van der Waals surface area contributed by atoms with Crippen LogP contribution in [0.5, 0.6) is 0 Å². The van der Waals surface area contributed by atoms with Crippen LogP contribution < -0.4 is 10.2 Å². The van der Waals surface area contributed by atoms with Crippen LogP contribution in [0, 0.1) is 0 Å². The number of rotatable bonds is 7. The zero-order valence-electron chi connectivity index (χ0n) is 11.9. The molecule has 0 bridgehead atoms. The molecule has 1 heterocycles. The molecule has 1 rings (SSSR count). The molecule has 1 aromatic rings. The molecule has 0 saturated carbocycles. The first-order valence-electron chi connectivity index (χ1n) is 6.41. The van der Waals surface area contributed by atoms with E-state index in [1.54, 1.807) is 19.1 Å². The van der Waals surface area contributed by atoms with Gasteiger partial charge in [0.1, 0.15) is 11.6 Å². The van der Waals surface area contributed by atoms with E-state index in [-0.39, 0.29) is 11.6 Å². The lowest BCUT2D eigenvalue weighted by Gasteiger charge is -2.20. The molecule has 0 aliphatic rings. The van der Waals surface area contributed by atoms with E-state index in [1.807, 2.05) is 6.92 Å². The van der Waals surface area contributed by atoms with E-state index < -0.39 is 11.7 Å². The average molecular weight is 291 g/mol. The summed E-state index contributed by atoms with van der Waals surface area (Å²) in [5.41, 5.74) is -0.703. The van der Waals surface area contributed by atoms with Crippen LogP contribution in [0.1, 0.15) is 18.9 Å². The lowest BCUT2D eigenvalue weighted by molar-refractivity contribution is -0.137. The number of methoxy groups -OCH3 is 1. The van der Waals surface area contributed by atoms with Crippen LogP contribution in [0.15, 0.2) is 12.1 Å². The van der Waals surface area contributed by atoms with Gasteiger partial charge in [-0.1, -0.05) is 6.92 Å². The molecule has 0 unspecified atom stereocenters. The van der Waals surface area contributed by atoms with Crippen molar-refractivity contribution in [2.75, 3.05) is 44.1 Å². The van der Waals surface area contributed by atoms with E-state index in [4.69, 9.17) is 4.74 Å². The highest BCUT2D eigenvalue weighted by Crippen LogP contribution is 2.32. The normalized spacial score (nSPS) is 11.5. The summed E-state index contributed by atoms with van der Waals surface area (Å²) in [6.45, 7) is 3.41. The molecule has 0 aliphatic heterocycles. The summed E-state index contributed by atoms with van der Waals surface area (Å²) in [5, 5.41) is 2.89. The Balaban J connectivity index is 3.02. The van der Waals surface area contributed by atoms with Crippen molar-refractivity contribution >= 4 is 11.6 Å². The monoisotopic (exact) mass is 291 g/mol. The van der Waals surface area contributed by atoms with Crippen LogP contribution in [-0.2, 0) is 10.9 Å². The van der Waals surface area contributed by atoms with E-state index in [0.29, 0.717) is 19.7 Å². The van der Waals surface area contributed by atoms with E-state index in [9.17, 15) is 13.2 Å². The van der Waals surface area contributed by atoms with Crippen LogP contribution >= 0.6 is 0 Å². The van der Waals surface area contributed by atoms with E-state index in [2.05, 4.69) is 10.3 Å². The van der Waals surface area contributed by atoms with E-state index in [0.717, 1.165) is 18.6 Å². The lowest BCUT2D eigenvalue weighted by atomic mass is 10.2. The zero-order chi connectivity index (χ0) is 15.2. The minimum atomic E-state index is -4.39. The first kappa shape index (κ1) is 16.6. The van der Waals surface area contributed by atoms with Crippen molar-refractivity contribution in [2.45, 2.75) is 19.5 Å².